The molecule has 2 aromatic carbocycles. The van der Waals surface area contributed by atoms with Crippen LogP contribution in [0.2, 0.25) is 0 Å². The summed E-state index contributed by atoms with van der Waals surface area (Å²) in [4.78, 5) is 20.0. The minimum atomic E-state index is -0.0924. The second kappa shape index (κ2) is 10.2. The van der Waals surface area contributed by atoms with Gasteiger partial charge in [-0.2, -0.15) is 0 Å². The third-order valence-corrected chi connectivity index (χ3v) is 6.99. The SMILES string of the molecule is CCc1nc2ccccn2c1C(=O)NCc1ccc(N2CCC(c3ccc(OC)cc3)CC2)cc1. The van der Waals surface area contributed by atoms with Crippen LogP contribution in [0.15, 0.2) is 72.9 Å². The molecule has 0 radical (unpaired) electrons. The first-order valence-corrected chi connectivity index (χ1v) is 12.4. The number of rotatable bonds is 7. The van der Waals surface area contributed by atoms with Crippen LogP contribution >= 0.6 is 0 Å². The van der Waals surface area contributed by atoms with Gasteiger partial charge in [0.15, 0.2) is 0 Å². The summed E-state index contributed by atoms with van der Waals surface area (Å²) in [5.41, 5.74) is 5.97. The average Bonchev–Trinajstić information content (AvgIpc) is 3.31. The Morgan fingerprint density at radius 1 is 1.03 bits per heavy atom. The van der Waals surface area contributed by atoms with E-state index in [4.69, 9.17) is 4.74 Å². The van der Waals surface area contributed by atoms with Crippen LogP contribution < -0.4 is 15.0 Å². The van der Waals surface area contributed by atoms with E-state index in [1.165, 1.54) is 11.3 Å². The van der Waals surface area contributed by atoms with Gasteiger partial charge in [-0.3, -0.25) is 9.20 Å². The van der Waals surface area contributed by atoms with E-state index in [1.807, 2.05) is 35.7 Å². The van der Waals surface area contributed by atoms with Crippen molar-refractivity contribution in [3.05, 3.63) is 95.4 Å². The molecular formula is C29H32N4O2. The van der Waals surface area contributed by atoms with Crippen LogP contribution in [0, 0.1) is 0 Å². The van der Waals surface area contributed by atoms with E-state index < -0.39 is 0 Å². The third kappa shape index (κ3) is 4.87. The van der Waals surface area contributed by atoms with Gasteiger partial charge in [0, 0.05) is 31.5 Å². The first-order valence-electron chi connectivity index (χ1n) is 12.4. The van der Waals surface area contributed by atoms with Gasteiger partial charge in [0.1, 0.15) is 17.1 Å². The van der Waals surface area contributed by atoms with Crippen LogP contribution in [0.25, 0.3) is 5.65 Å². The van der Waals surface area contributed by atoms with Gasteiger partial charge in [-0.25, -0.2) is 4.98 Å². The van der Waals surface area contributed by atoms with Crippen LogP contribution in [0.5, 0.6) is 5.75 Å². The number of nitrogens with one attached hydrogen (secondary N) is 1. The molecule has 1 N–H and O–H groups in total. The highest BCUT2D eigenvalue weighted by Gasteiger charge is 2.21. The number of carbonyl (C=O) groups is 1. The number of amides is 1. The first kappa shape index (κ1) is 23.0. The standard InChI is InChI=1S/C29H32N4O2/c1-3-26-28(33-17-5-4-6-27(33)31-26)29(34)30-20-21-7-11-24(12-8-21)32-18-15-23(16-19-32)22-9-13-25(35-2)14-10-22/h4-14,17,23H,3,15-16,18-20H2,1-2H3,(H,30,34). The predicted molar refractivity (Wildman–Crippen MR) is 139 cm³/mol. The van der Waals surface area contributed by atoms with Gasteiger partial charge < -0.3 is 15.0 Å². The molecule has 2 aromatic heterocycles. The molecule has 0 unspecified atom stereocenters. The number of methoxy groups -OCH3 is 1. The summed E-state index contributed by atoms with van der Waals surface area (Å²) < 4.78 is 7.15. The molecule has 4 aromatic rings. The number of nitrogens with zero attached hydrogens (tertiary/aromatic N) is 3. The highest BCUT2D eigenvalue weighted by atomic mass is 16.5. The number of ether oxygens (including phenoxy) is 1. The Bertz CT molecular complexity index is 1290. The van der Waals surface area contributed by atoms with Gasteiger partial charge in [0.2, 0.25) is 0 Å². The zero-order valence-electron chi connectivity index (χ0n) is 20.4. The fourth-order valence-corrected chi connectivity index (χ4v) is 4.97. The summed E-state index contributed by atoms with van der Waals surface area (Å²) in [6.45, 7) is 4.60. The summed E-state index contributed by atoms with van der Waals surface area (Å²) in [5, 5.41) is 3.08. The number of imidazole rings is 1. The Morgan fingerprint density at radius 3 is 2.46 bits per heavy atom. The van der Waals surface area contributed by atoms with E-state index in [0.717, 1.165) is 48.6 Å². The summed E-state index contributed by atoms with van der Waals surface area (Å²) in [6, 6.07) is 22.8. The molecular weight excluding hydrogens is 436 g/mol. The molecule has 180 valence electrons. The lowest BCUT2D eigenvalue weighted by molar-refractivity contribution is 0.0944. The van der Waals surface area contributed by atoms with Gasteiger partial charge in [0.05, 0.1) is 12.8 Å². The molecule has 0 bridgehead atoms. The number of aryl methyl sites for hydroxylation is 1. The molecule has 6 nitrogen and oxygen atoms in total. The van der Waals surface area contributed by atoms with Crippen LogP contribution in [-0.4, -0.2) is 35.5 Å². The zero-order chi connectivity index (χ0) is 24.2. The number of aromatic nitrogens is 2. The summed E-state index contributed by atoms with van der Waals surface area (Å²) in [7, 11) is 1.70. The lowest BCUT2D eigenvalue weighted by Gasteiger charge is -2.34. The number of hydrogen-bond acceptors (Lipinski definition) is 4. The van der Waals surface area contributed by atoms with E-state index in [2.05, 4.69) is 63.7 Å². The number of hydrogen-bond donors (Lipinski definition) is 1. The zero-order valence-corrected chi connectivity index (χ0v) is 20.4. The molecule has 0 atom stereocenters. The van der Waals surface area contributed by atoms with Crippen LogP contribution in [0.3, 0.4) is 0 Å². The third-order valence-electron chi connectivity index (χ3n) is 6.99. The van der Waals surface area contributed by atoms with Crippen molar-refractivity contribution in [1.82, 2.24) is 14.7 Å². The molecule has 0 aliphatic carbocycles. The van der Waals surface area contributed by atoms with Crippen molar-refractivity contribution < 1.29 is 9.53 Å². The number of anilines is 1. The van der Waals surface area contributed by atoms with E-state index >= 15 is 0 Å². The Hall–Kier alpha value is -3.80. The van der Waals surface area contributed by atoms with E-state index in [9.17, 15) is 4.79 Å². The molecule has 1 aliphatic rings. The smallest absolute Gasteiger partial charge is 0.270 e. The van der Waals surface area contributed by atoms with E-state index in [0.29, 0.717) is 24.6 Å². The molecule has 5 rings (SSSR count). The summed E-state index contributed by atoms with van der Waals surface area (Å²) in [5.74, 6) is 1.41. The lowest BCUT2D eigenvalue weighted by atomic mass is 9.89. The van der Waals surface area contributed by atoms with E-state index in [1.54, 1.807) is 7.11 Å². The second-order valence-corrected chi connectivity index (χ2v) is 9.07. The number of pyridine rings is 1. The normalized spacial score (nSPS) is 14.3. The van der Waals surface area contributed by atoms with Gasteiger partial charge in [-0.15, -0.1) is 0 Å². The van der Waals surface area contributed by atoms with Crippen LogP contribution in [0.1, 0.15) is 53.0 Å². The number of piperidine rings is 1. The number of carbonyl (C=O) groups excluding carboxylic acids is 1. The fraction of sp³-hybridized carbons (Fsp3) is 0.310. The largest absolute Gasteiger partial charge is 0.497 e. The van der Waals surface area contributed by atoms with Crippen molar-refractivity contribution in [3.8, 4) is 5.75 Å². The molecule has 6 heteroatoms. The topological polar surface area (TPSA) is 58.9 Å². The summed E-state index contributed by atoms with van der Waals surface area (Å²) in [6.07, 6.45) is 4.89. The number of benzene rings is 2. The van der Waals surface area contributed by atoms with Gasteiger partial charge in [0.25, 0.3) is 5.91 Å². The molecule has 1 saturated heterocycles. The fourth-order valence-electron chi connectivity index (χ4n) is 4.97. The average molecular weight is 469 g/mol. The van der Waals surface area contributed by atoms with Crippen molar-refractivity contribution in [2.45, 2.75) is 38.6 Å². The quantitative estimate of drug-likeness (QED) is 0.404. The van der Waals surface area contributed by atoms with Crippen molar-refractivity contribution in [3.63, 3.8) is 0 Å². The predicted octanol–water partition coefficient (Wildman–Crippen LogP) is 5.22. The Labute approximate surface area is 206 Å². The molecule has 3 heterocycles. The Kier molecular flexibility index (Phi) is 6.70. The van der Waals surface area contributed by atoms with Crippen LogP contribution in [0.4, 0.5) is 5.69 Å². The van der Waals surface area contributed by atoms with Crippen molar-refractivity contribution in [2.24, 2.45) is 0 Å². The number of fused-ring (bicyclic) bond motifs is 1. The minimum absolute atomic E-state index is 0.0924. The van der Waals surface area contributed by atoms with Crippen LogP contribution in [-0.2, 0) is 13.0 Å². The monoisotopic (exact) mass is 468 g/mol. The molecule has 1 fully saturated rings. The highest BCUT2D eigenvalue weighted by Crippen LogP contribution is 2.31. The van der Waals surface area contributed by atoms with Crippen molar-refractivity contribution >= 4 is 17.2 Å². The molecule has 35 heavy (non-hydrogen) atoms. The second-order valence-electron chi connectivity index (χ2n) is 9.07. The maximum Gasteiger partial charge on any atom is 0.270 e. The van der Waals surface area contributed by atoms with Gasteiger partial charge >= 0.3 is 0 Å². The lowest BCUT2D eigenvalue weighted by Crippen LogP contribution is -2.32. The molecule has 1 amide bonds. The Balaban J connectivity index is 1.17. The molecule has 0 spiro atoms. The maximum atomic E-state index is 13.0. The Morgan fingerprint density at radius 2 is 1.77 bits per heavy atom. The summed E-state index contributed by atoms with van der Waals surface area (Å²) >= 11 is 0. The highest BCUT2D eigenvalue weighted by molar-refractivity contribution is 5.94. The first-order chi connectivity index (χ1) is 17.2. The van der Waals surface area contributed by atoms with E-state index in [-0.39, 0.29) is 5.91 Å². The van der Waals surface area contributed by atoms with Crippen molar-refractivity contribution in [1.29, 1.82) is 0 Å². The van der Waals surface area contributed by atoms with Gasteiger partial charge in [-0.1, -0.05) is 37.3 Å². The maximum absolute atomic E-state index is 13.0. The van der Waals surface area contributed by atoms with Crippen molar-refractivity contribution in [2.75, 3.05) is 25.1 Å². The minimum Gasteiger partial charge on any atom is -0.497 e. The van der Waals surface area contributed by atoms with Gasteiger partial charge in [-0.05, 0) is 72.7 Å². The molecule has 0 saturated carbocycles. The molecule has 1 aliphatic heterocycles.